The van der Waals surface area contributed by atoms with Gasteiger partial charge in [-0.05, 0) is 30.7 Å². The Morgan fingerprint density at radius 3 is 2.92 bits per heavy atom. The molecule has 1 N–H and O–H groups in total. The second-order valence-corrected chi connectivity index (χ2v) is 5.93. The van der Waals surface area contributed by atoms with Crippen LogP contribution in [0.2, 0.25) is 5.02 Å². The second-order valence-electron chi connectivity index (χ2n) is 5.53. The van der Waals surface area contributed by atoms with Gasteiger partial charge in [-0.25, -0.2) is 9.07 Å². The van der Waals surface area contributed by atoms with Crippen molar-refractivity contribution in [2.24, 2.45) is 0 Å². The number of amides is 1. The standard InChI is InChI=1S/C17H14ClFN4O2/c1-10(13-3-2-12(19)6-15(13)18)22-16(24)9-23-17(25)14-4-5-20-7-11(14)8-21-23/h2-8,10H,9H2,1H3,(H,22,24)/t10-/m0/s1. The first kappa shape index (κ1) is 17.0. The molecule has 0 spiro atoms. The topological polar surface area (TPSA) is 76.9 Å². The molecule has 128 valence electrons. The number of rotatable bonds is 4. The molecular formula is C17H14ClFN4O2. The van der Waals surface area contributed by atoms with Crippen molar-refractivity contribution in [2.75, 3.05) is 0 Å². The Kier molecular flexibility index (Phi) is 4.76. The van der Waals surface area contributed by atoms with E-state index in [0.29, 0.717) is 16.3 Å². The van der Waals surface area contributed by atoms with E-state index in [1.54, 1.807) is 13.0 Å². The minimum atomic E-state index is -0.450. The maximum absolute atomic E-state index is 13.1. The normalized spacial score (nSPS) is 12.1. The molecule has 25 heavy (non-hydrogen) atoms. The SMILES string of the molecule is C[C@H](NC(=O)Cn1ncc2cnccc2c1=O)c1ccc(F)cc1Cl. The van der Waals surface area contributed by atoms with Gasteiger partial charge in [0.05, 0.1) is 17.6 Å². The number of pyridine rings is 1. The molecule has 0 aliphatic rings. The van der Waals surface area contributed by atoms with Gasteiger partial charge in [0.1, 0.15) is 12.4 Å². The zero-order valence-corrected chi connectivity index (χ0v) is 14.0. The number of carbonyl (C=O) groups excluding carboxylic acids is 1. The highest BCUT2D eigenvalue weighted by Gasteiger charge is 2.15. The molecule has 0 saturated heterocycles. The average Bonchev–Trinajstić information content (AvgIpc) is 2.57. The molecule has 1 amide bonds. The third-order valence-corrected chi connectivity index (χ3v) is 4.08. The summed E-state index contributed by atoms with van der Waals surface area (Å²) in [7, 11) is 0. The van der Waals surface area contributed by atoms with Crippen LogP contribution in [0.4, 0.5) is 4.39 Å². The number of carbonyl (C=O) groups is 1. The summed E-state index contributed by atoms with van der Waals surface area (Å²) in [6.07, 6.45) is 4.52. The lowest BCUT2D eigenvalue weighted by molar-refractivity contribution is -0.122. The Labute approximate surface area is 147 Å². The molecule has 0 fully saturated rings. The summed E-state index contributed by atoms with van der Waals surface area (Å²) in [6.45, 7) is 1.49. The maximum atomic E-state index is 13.1. The van der Waals surface area contributed by atoms with Crippen LogP contribution < -0.4 is 10.9 Å². The first-order valence-corrected chi connectivity index (χ1v) is 7.87. The molecule has 0 unspecified atom stereocenters. The van der Waals surface area contributed by atoms with E-state index in [4.69, 9.17) is 11.6 Å². The molecule has 0 aliphatic carbocycles. The van der Waals surface area contributed by atoms with E-state index in [2.05, 4.69) is 15.4 Å². The van der Waals surface area contributed by atoms with Crippen molar-refractivity contribution < 1.29 is 9.18 Å². The van der Waals surface area contributed by atoms with Gasteiger partial charge in [-0.3, -0.25) is 14.6 Å². The highest BCUT2D eigenvalue weighted by molar-refractivity contribution is 6.31. The van der Waals surface area contributed by atoms with Crippen molar-refractivity contribution in [1.29, 1.82) is 0 Å². The molecular weight excluding hydrogens is 347 g/mol. The number of benzene rings is 1. The van der Waals surface area contributed by atoms with Crippen molar-refractivity contribution in [3.63, 3.8) is 0 Å². The van der Waals surface area contributed by atoms with Gasteiger partial charge in [0.15, 0.2) is 0 Å². The summed E-state index contributed by atoms with van der Waals surface area (Å²) in [6, 6.07) is 5.10. The number of halogens is 2. The Morgan fingerprint density at radius 2 is 2.16 bits per heavy atom. The number of hydrogen-bond acceptors (Lipinski definition) is 4. The van der Waals surface area contributed by atoms with Crippen molar-refractivity contribution in [1.82, 2.24) is 20.1 Å². The number of nitrogens with zero attached hydrogens (tertiary/aromatic N) is 3. The van der Waals surface area contributed by atoms with Crippen LogP contribution in [0.1, 0.15) is 18.5 Å². The van der Waals surface area contributed by atoms with Gasteiger partial charge in [-0.15, -0.1) is 0 Å². The van der Waals surface area contributed by atoms with Crippen molar-refractivity contribution >= 4 is 28.3 Å². The minimum Gasteiger partial charge on any atom is -0.348 e. The fourth-order valence-electron chi connectivity index (χ4n) is 2.49. The van der Waals surface area contributed by atoms with Gasteiger partial charge in [-0.2, -0.15) is 5.10 Å². The Balaban J connectivity index is 1.76. The molecule has 6 nitrogen and oxygen atoms in total. The number of hydrogen-bond donors (Lipinski definition) is 1. The molecule has 0 aliphatic heterocycles. The molecule has 8 heteroatoms. The fraction of sp³-hybridized carbons (Fsp3) is 0.176. The third kappa shape index (κ3) is 3.66. The summed E-state index contributed by atoms with van der Waals surface area (Å²) in [5.41, 5.74) is 0.212. The van der Waals surface area contributed by atoms with E-state index < -0.39 is 17.8 Å². The van der Waals surface area contributed by atoms with Gasteiger partial charge in [0.2, 0.25) is 5.91 Å². The Bertz CT molecular complexity index is 1010. The molecule has 3 aromatic rings. The van der Waals surface area contributed by atoms with Crippen molar-refractivity contribution in [3.05, 3.63) is 69.6 Å². The highest BCUT2D eigenvalue weighted by atomic mass is 35.5. The summed E-state index contributed by atoms with van der Waals surface area (Å²) < 4.78 is 14.2. The molecule has 0 radical (unpaired) electrons. The monoisotopic (exact) mass is 360 g/mol. The zero-order chi connectivity index (χ0) is 18.0. The number of nitrogens with one attached hydrogen (secondary N) is 1. The fourth-order valence-corrected chi connectivity index (χ4v) is 2.82. The van der Waals surface area contributed by atoms with Gasteiger partial charge in [-0.1, -0.05) is 17.7 Å². The average molecular weight is 361 g/mol. The predicted molar refractivity (Wildman–Crippen MR) is 91.8 cm³/mol. The minimum absolute atomic E-state index is 0.223. The van der Waals surface area contributed by atoms with Crippen LogP contribution in [0.25, 0.3) is 10.8 Å². The van der Waals surface area contributed by atoms with Crippen LogP contribution in [0.3, 0.4) is 0 Å². The molecule has 0 saturated carbocycles. The van der Waals surface area contributed by atoms with Gasteiger partial charge >= 0.3 is 0 Å². The lowest BCUT2D eigenvalue weighted by Gasteiger charge is -2.16. The number of aromatic nitrogens is 3. The predicted octanol–water partition coefficient (Wildman–Crippen LogP) is 2.46. The van der Waals surface area contributed by atoms with Crippen LogP contribution in [0, 0.1) is 5.82 Å². The lowest BCUT2D eigenvalue weighted by Crippen LogP contribution is -2.35. The summed E-state index contributed by atoms with van der Waals surface area (Å²) >= 11 is 5.99. The van der Waals surface area contributed by atoms with E-state index in [-0.39, 0.29) is 17.1 Å². The van der Waals surface area contributed by atoms with Crippen LogP contribution in [-0.4, -0.2) is 20.7 Å². The van der Waals surface area contributed by atoms with Crippen LogP contribution >= 0.6 is 11.6 Å². The van der Waals surface area contributed by atoms with Crippen molar-refractivity contribution in [3.8, 4) is 0 Å². The van der Waals surface area contributed by atoms with E-state index in [9.17, 15) is 14.0 Å². The van der Waals surface area contributed by atoms with Gasteiger partial charge < -0.3 is 5.32 Å². The smallest absolute Gasteiger partial charge is 0.275 e. The van der Waals surface area contributed by atoms with Crippen LogP contribution in [0.5, 0.6) is 0 Å². The molecule has 2 heterocycles. The van der Waals surface area contributed by atoms with Gasteiger partial charge in [0.25, 0.3) is 5.56 Å². The lowest BCUT2D eigenvalue weighted by atomic mass is 10.1. The van der Waals surface area contributed by atoms with E-state index >= 15 is 0 Å². The second kappa shape index (κ2) is 6.98. The van der Waals surface area contributed by atoms with Crippen LogP contribution in [0.15, 0.2) is 47.7 Å². The quantitative estimate of drug-likeness (QED) is 0.775. The maximum Gasteiger partial charge on any atom is 0.275 e. The van der Waals surface area contributed by atoms with E-state index in [1.165, 1.54) is 36.8 Å². The molecule has 0 bridgehead atoms. The largest absolute Gasteiger partial charge is 0.348 e. The Hall–Kier alpha value is -2.80. The Morgan fingerprint density at radius 1 is 1.36 bits per heavy atom. The number of fused-ring (bicyclic) bond motifs is 1. The third-order valence-electron chi connectivity index (χ3n) is 3.75. The molecule has 1 atom stereocenters. The van der Waals surface area contributed by atoms with Crippen molar-refractivity contribution in [2.45, 2.75) is 19.5 Å². The van der Waals surface area contributed by atoms with Gasteiger partial charge in [0, 0.05) is 22.8 Å². The summed E-state index contributed by atoms with van der Waals surface area (Å²) in [4.78, 5) is 28.5. The van der Waals surface area contributed by atoms with Crippen LogP contribution in [-0.2, 0) is 11.3 Å². The first-order chi connectivity index (χ1) is 12.0. The first-order valence-electron chi connectivity index (χ1n) is 7.50. The summed E-state index contributed by atoms with van der Waals surface area (Å²) in [5, 5.41) is 7.97. The summed E-state index contributed by atoms with van der Waals surface area (Å²) in [5.74, 6) is -0.857. The van der Waals surface area contributed by atoms with E-state index in [0.717, 1.165) is 4.68 Å². The zero-order valence-electron chi connectivity index (χ0n) is 13.2. The highest BCUT2D eigenvalue weighted by Crippen LogP contribution is 2.23. The molecule has 2 aromatic heterocycles. The molecule has 1 aromatic carbocycles. The van der Waals surface area contributed by atoms with E-state index in [1.807, 2.05) is 0 Å². The molecule has 3 rings (SSSR count).